The summed E-state index contributed by atoms with van der Waals surface area (Å²) in [4.78, 5) is 18.4. The number of guanidine groups is 1. The van der Waals surface area contributed by atoms with Crippen molar-refractivity contribution in [1.29, 1.82) is 0 Å². The largest absolute Gasteiger partial charge is 0.466 e. The topological polar surface area (TPSA) is 71.8 Å². The maximum absolute atomic E-state index is 11.9. The van der Waals surface area contributed by atoms with Crippen molar-refractivity contribution in [2.24, 2.45) is 18.0 Å². The number of esters is 1. The van der Waals surface area contributed by atoms with Gasteiger partial charge in [-0.25, -0.2) is 0 Å². The van der Waals surface area contributed by atoms with Crippen molar-refractivity contribution in [3.8, 4) is 0 Å². The monoisotopic (exact) mass is 321 g/mol. The van der Waals surface area contributed by atoms with E-state index in [4.69, 9.17) is 4.74 Å². The molecule has 1 aromatic rings. The lowest BCUT2D eigenvalue weighted by molar-refractivity contribution is -0.149. The molecule has 0 spiro atoms. The van der Waals surface area contributed by atoms with Gasteiger partial charge in [0.15, 0.2) is 5.96 Å². The SMILES string of the molecule is CCOC(=O)C1CCCN(C(=NC)NCCc2cnn(C)c2)C1. The van der Waals surface area contributed by atoms with Crippen LogP contribution in [-0.4, -0.2) is 59.9 Å². The van der Waals surface area contributed by atoms with E-state index in [1.165, 1.54) is 5.56 Å². The van der Waals surface area contributed by atoms with Gasteiger partial charge in [-0.05, 0) is 31.7 Å². The van der Waals surface area contributed by atoms with Crippen LogP contribution in [0.25, 0.3) is 0 Å². The minimum atomic E-state index is -0.0944. The number of rotatable bonds is 5. The zero-order chi connectivity index (χ0) is 16.7. The van der Waals surface area contributed by atoms with Crippen molar-refractivity contribution in [3.63, 3.8) is 0 Å². The van der Waals surface area contributed by atoms with Gasteiger partial charge < -0.3 is 15.0 Å². The van der Waals surface area contributed by atoms with E-state index in [1.54, 1.807) is 11.7 Å². The van der Waals surface area contributed by atoms with Gasteiger partial charge in [0.1, 0.15) is 0 Å². The fraction of sp³-hybridized carbons (Fsp3) is 0.688. The molecule has 0 aromatic carbocycles. The maximum atomic E-state index is 11.9. The Hall–Kier alpha value is -2.05. The molecule has 2 rings (SSSR count). The molecule has 1 unspecified atom stereocenters. The number of hydrogen-bond donors (Lipinski definition) is 1. The van der Waals surface area contributed by atoms with Gasteiger partial charge in [0, 0.05) is 39.9 Å². The molecule has 1 atom stereocenters. The first-order valence-corrected chi connectivity index (χ1v) is 8.23. The summed E-state index contributed by atoms with van der Waals surface area (Å²) in [5, 5.41) is 7.54. The maximum Gasteiger partial charge on any atom is 0.310 e. The molecule has 1 aromatic heterocycles. The van der Waals surface area contributed by atoms with E-state index < -0.39 is 0 Å². The highest BCUT2D eigenvalue weighted by Gasteiger charge is 2.28. The number of aryl methyl sites for hydroxylation is 1. The van der Waals surface area contributed by atoms with Gasteiger partial charge in [0.25, 0.3) is 0 Å². The summed E-state index contributed by atoms with van der Waals surface area (Å²) in [6.45, 7) is 4.66. The molecule has 1 saturated heterocycles. The highest BCUT2D eigenvalue weighted by atomic mass is 16.5. The summed E-state index contributed by atoms with van der Waals surface area (Å²) in [7, 11) is 3.69. The van der Waals surface area contributed by atoms with E-state index in [2.05, 4.69) is 20.3 Å². The molecule has 7 heteroatoms. The first-order valence-electron chi connectivity index (χ1n) is 8.23. The Morgan fingerprint density at radius 2 is 2.39 bits per heavy atom. The van der Waals surface area contributed by atoms with Crippen LogP contribution < -0.4 is 5.32 Å². The fourth-order valence-corrected chi connectivity index (χ4v) is 2.87. The number of hydrogen-bond acceptors (Lipinski definition) is 4. The number of ether oxygens (including phenoxy) is 1. The third-order valence-electron chi connectivity index (χ3n) is 4.01. The molecule has 0 bridgehead atoms. The highest BCUT2D eigenvalue weighted by Crippen LogP contribution is 2.18. The Balaban J connectivity index is 1.83. The number of nitrogens with one attached hydrogen (secondary N) is 1. The van der Waals surface area contributed by atoms with Gasteiger partial charge in [0.2, 0.25) is 0 Å². The zero-order valence-corrected chi connectivity index (χ0v) is 14.3. The summed E-state index contributed by atoms with van der Waals surface area (Å²) in [5.41, 5.74) is 1.19. The number of piperidine rings is 1. The summed E-state index contributed by atoms with van der Waals surface area (Å²) in [6, 6.07) is 0. The number of carbonyl (C=O) groups excluding carboxylic acids is 1. The van der Waals surface area contributed by atoms with Crippen LogP contribution in [0.5, 0.6) is 0 Å². The molecular weight excluding hydrogens is 294 g/mol. The summed E-state index contributed by atoms with van der Waals surface area (Å²) in [6.07, 6.45) is 6.65. The molecule has 23 heavy (non-hydrogen) atoms. The van der Waals surface area contributed by atoms with Crippen LogP contribution in [0.3, 0.4) is 0 Å². The Kier molecular flexibility index (Phi) is 6.43. The van der Waals surface area contributed by atoms with Crippen molar-refractivity contribution in [2.75, 3.05) is 33.3 Å². The predicted octanol–water partition coefficient (Wildman–Crippen LogP) is 0.813. The second-order valence-electron chi connectivity index (χ2n) is 5.78. The smallest absolute Gasteiger partial charge is 0.310 e. The standard InChI is InChI=1S/C16H27N5O2/c1-4-23-15(22)14-6-5-9-21(12-14)16(17-2)18-8-7-13-10-19-20(3)11-13/h10-11,14H,4-9,12H2,1-3H3,(H,17,18). The Bertz CT molecular complexity index is 540. The van der Waals surface area contributed by atoms with Crippen molar-refractivity contribution in [2.45, 2.75) is 26.2 Å². The van der Waals surface area contributed by atoms with E-state index in [0.717, 1.165) is 38.3 Å². The van der Waals surface area contributed by atoms with Crippen LogP contribution in [-0.2, 0) is 23.0 Å². The van der Waals surface area contributed by atoms with E-state index in [0.29, 0.717) is 13.2 Å². The number of aliphatic imine (C=N–C) groups is 1. The second-order valence-corrected chi connectivity index (χ2v) is 5.78. The fourth-order valence-electron chi connectivity index (χ4n) is 2.87. The van der Waals surface area contributed by atoms with Crippen LogP contribution >= 0.6 is 0 Å². The van der Waals surface area contributed by atoms with Gasteiger partial charge in [-0.3, -0.25) is 14.5 Å². The minimum absolute atomic E-state index is 0.0550. The van der Waals surface area contributed by atoms with Crippen molar-refractivity contribution < 1.29 is 9.53 Å². The van der Waals surface area contributed by atoms with E-state index in [-0.39, 0.29) is 11.9 Å². The summed E-state index contributed by atoms with van der Waals surface area (Å²) >= 11 is 0. The van der Waals surface area contributed by atoms with Crippen LogP contribution in [0, 0.1) is 5.92 Å². The Morgan fingerprint density at radius 3 is 3.04 bits per heavy atom. The Morgan fingerprint density at radius 1 is 1.57 bits per heavy atom. The van der Waals surface area contributed by atoms with Crippen LogP contribution in [0.2, 0.25) is 0 Å². The summed E-state index contributed by atoms with van der Waals surface area (Å²) < 4.78 is 6.95. The molecule has 128 valence electrons. The lowest BCUT2D eigenvalue weighted by Gasteiger charge is -2.33. The Labute approximate surface area is 137 Å². The second kappa shape index (κ2) is 8.55. The molecule has 0 aliphatic carbocycles. The van der Waals surface area contributed by atoms with Crippen LogP contribution in [0.15, 0.2) is 17.4 Å². The molecule has 0 saturated carbocycles. The minimum Gasteiger partial charge on any atom is -0.466 e. The first-order chi connectivity index (χ1) is 11.1. The molecule has 1 fully saturated rings. The molecule has 2 heterocycles. The normalized spacial score (nSPS) is 18.8. The van der Waals surface area contributed by atoms with Gasteiger partial charge in [-0.15, -0.1) is 0 Å². The predicted molar refractivity (Wildman–Crippen MR) is 89.2 cm³/mol. The van der Waals surface area contributed by atoms with Gasteiger partial charge in [-0.1, -0.05) is 0 Å². The number of nitrogens with zero attached hydrogens (tertiary/aromatic N) is 4. The van der Waals surface area contributed by atoms with Crippen molar-refractivity contribution >= 4 is 11.9 Å². The summed E-state index contributed by atoms with van der Waals surface area (Å²) in [5.74, 6) is 0.700. The first kappa shape index (κ1) is 17.3. The van der Waals surface area contributed by atoms with E-state index in [9.17, 15) is 4.79 Å². The van der Waals surface area contributed by atoms with Gasteiger partial charge >= 0.3 is 5.97 Å². The average molecular weight is 321 g/mol. The zero-order valence-electron chi connectivity index (χ0n) is 14.3. The molecule has 1 N–H and O–H groups in total. The van der Waals surface area contributed by atoms with Crippen LogP contribution in [0.1, 0.15) is 25.3 Å². The lowest BCUT2D eigenvalue weighted by atomic mass is 9.98. The lowest BCUT2D eigenvalue weighted by Crippen LogP contribution is -2.48. The molecular formula is C16H27N5O2. The quantitative estimate of drug-likeness (QED) is 0.494. The number of likely N-dealkylation sites (tertiary alicyclic amines) is 1. The third kappa shape index (κ3) is 4.97. The van der Waals surface area contributed by atoms with Gasteiger partial charge in [-0.2, -0.15) is 5.10 Å². The highest BCUT2D eigenvalue weighted by molar-refractivity contribution is 5.81. The molecule has 0 radical (unpaired) electrons. The van der Waals surface area contributed by atoms with Crippen molar-refractivity contribution in [1.82, 2.24) is 20.0 Å². The van der Waals surface area contributed by atoms with E-state index >= 15 is 0 Å². The number of carbonyl (C=O) groups is 1. The van der Waals surface area contributed by atoms with E-state index in [1.807, 2.05) is 26.4 Å². The third-order valence-corrected chi connectivity index (χ3v) is 4.01. The molecule has 7 nitrogen and oxygen atoms in total. The molecule has 1 aliphatic rings. The molecule has 0 amide bonds. The number of aromatic nitrogens is 2. The van der Waals surface area contributed by atoms with Gasteiger partial charge in [0.05, 0.1) is 18.7 Å². The van der Waals surface area contributed by atoms with Crippen LogP contribution in [0.4, 0.5) is 0 Å². The molecule has 1 aliphatic heterocycles. The van der Waals surface area contributed by atoms with Crippen molar-refractivity contribution in [3.05, 3.63) is 18.0 Å². The average Bonchev–Trinajstić information content (AvgIpc) is 2.97.